The maximum absolute atomic E-state index is 11.3. The fraction of sp³-hybridized carbons (Fsp3) is 0.444. The Morgan fingerprint density at radius 2 is 2.33 bits per heavy atom. The fourth-order valence-corrected chi connectivity index (χ4v) is 1.72. The number of nitrogens with one attached hydrogen (secondary N) is 2. The Kier molecular flexibility index (Phi) is 2.51. The quantitative estimate of drug-likeness (QED) is 0.630. The van der Waals surface area contributed by atoms with Crippen molar-refractivity contribution in [2.24, 2.45) is 0 Å². The minimum Gasteiger partial charge on any atom is -0.480 e. The third-order valence-corrected chi connectivity index (χ3v) is 2.46. The molecule has 2 atom stereocenters. The van der Waals surface area contributed by atoms with E-state index in [0.29, 0.717) is 6.42 Å². The Bertz CT molecular complexity index is 374. The molecule has 1 aromatic heterocycles. The van der Waals surface area contributed by atoms with Crippen molar-refractivity contribution in [3.8, 4) is 0 Å². The summed E-state index contributed by atoms with van der Waals surface area (Å²) in [6.45, 7) is 0. The SMILES string of the molecule is O=C1CC(C(=O)O)NC(c2ccn[nH]2)C1. The summed E-state index contributed by atoms with van der Waals surface area (Å²) in [5.74, 6) is -1.03. The van der Waals surface area contributed by atoms with Gasteiger partial charge in [0, 0.05) is 19.0 Å². The molecule has 15 heavy (non-hydrogen) atoms. The van der Waals surface area contributed by atoms with Crippen molar-refractivity contribution in [3.05, 3.63) is 18.0 Å². The summed E-state index contributed by atoms with van der Waals surface area (Å²) >= 11 is 0. The van der Waals surface area contributed by atoms with Crippen LogP contribution in [-0.4, -0.2) is 33.1 Å². The van der Waals surface area contributed by atoms with Crippen LogP contribution in [0, 0.1) is 0 Å². The number of nitrogens with zero attached hydrogens (tertiary/aromatic N) is 1. The highest BCUT2D eigenvalue weighted by atomic mass is 16.4. The second-order valence-electron chi connectivity index (χ2n) is 3.57. The van der Waals surface area contributed by atoms with Crippen molar-refractivity contribution in [2.45, 2.75) is 24.9 Å². The average Bonchev–Trinajstić information content (AvgIpc) is 2.69. The van der Waals surface area contributed by atoms with Gasteiger partial charge in [0.05, 0.1) is 11.7 Å². The zero-order chi connectivity index (χ0) is 10.8. The summed E-state index contributed by atoms with van der Waals surface area (Å²) in [7, 11) is 0. The van der Waals surface area contributed by atoms with Gasteiger partial charge in [-0.3, -0.25) is 20.0 Å². The van der Waals surface area contributed by atoms with Crippen molar-refractivity contribution in [1.82, 2.24) is 15.5 Å². The summed E-state index contributed by atoms with van der Waals surface area (Å²) in [5.41, 5.74) is 0.745. The van der Waals surface area contributed by atoms with E-state index in [2.05, 4.69) is 15.5 Å². The first-order chi connectivity index (χ1) is 7.16. The standard InChI is InChI=1S/C9H11N3O3/c13-5-3-7(6-1-2-10-12-6)11-8(4-5)9(14)15/h1-2,7-8,11H,3-4H2,(H,10,12)(H,14,15). The first-order valence-corrected chi connectivity index (χ1v) is 4.66. The number of rotatable bonds is 2. The third-order valence-electron chi connectivity index (χ3n) is 2.46. The van der Waals surface area contributed by atoms with Crippen molar-refractivity contribution in [2.75, 3.05) is 0 Å². The molecule has 2 heterocycles. The van der Waals surface area contributed by atoms with Gasteiger partial charge in [0.1, 0.15) is 11.8 Å². The highest BCUT2D eigenvalue weighted by Crippen LogP contribution is 2.21. The molecule has 6 heteroatoms. The molecule has 1 aliphatic heterocycles. The van der Waals surface area contributed by atoms with Gasteiger partial charge in [0.2, 0.25) is 0 Å². The minimum atomic E-state index is -0.993. The summed E-state index contributed by atoms with van der Waals surface area (Å²) < 4.78 is 0. The molecule has 3 N–H and O–H groups in total. The Morgan fingerprint density at radius 3 is 2.93 bits per heavy atom. The predicted octanol–water partition coefficient (Wildman–Crippen LogP) is -0.144. The van der Waals surface area contributed by atoms with E-state index in [4.69, 9.17) is 5.11 Å². The molecule has 2 unspecified atom stereocenters. The summed E-state index contributed by atoms with van der Waals surface area (Å²) in [5, 5.41) is 18.2. The Labute approximate surface area is 85.7 Å². The third kappa shape index (κ3) is 2.04. The van der Waals surface area contributed by atoms with Crippen LogP contribution in [-0.2, 0) is 9.59 Å². The number of aromatic amines is 1. The molecule has 0 spiro atoms. The van der Waals surface area contributed by atoms with E-state index in [1.165, 1.54) is 0 Å². The van der Waals surface area contributed by atoms with Gasteiger partial charge in [0.15, 0.2) is 0 Å². The van der Waals surface area contributed by atoms with E-state index >= 15 is 0 Å². The van der Waals surface area contributed by atoms with Crippen molar-refractivity contribution in [3.63, 3.8) is 0 Å². The normalized spacial score (nSPS) is 26.5. The Balaban J connectivity index is 2.14. The molecule has 80 valence electrons. The monoisotopic (exact) mass is 209 g/mol. The zero-order valence-electron chi connectivity index (χ0n) is 7.93. The number of Topliss-reactive ketones (excluding diaryl/α,β-unsaturated/α-hetero) is 1. The van der Waals surface area contributed by atoms with Crippen LogP contribution in [0.1, 0.15) is 24.6 Å². The molecular weight excluding hydrogens is 198 g/mol. The Morgan fingerprint density at radius 1 is 1.53 bits per heavy atom. The number of carbonyl (C=O) groups is 2. The molecule has 2 rings (SSSR count). The van der Waals surface area contributed by atoms with E-state index in [-0.39, 0.29) is 18.2 Å². The smallest absolute Gasteiger partial charge is 0.321 e. The first kappa shape index (κ1) is 9.85. The number of carboxylic acid groups (broad SMARTS) is 1. The molecule has 0 saturated carbocycles. The van der Waals surface area contributed by atoms with Crippen LogP contribution in [0.5, 0.6) is 0 Å². The molecule has 0 radical (unpaired) electrons. The number of H-pyrrole nitrogens is 1. The number of hydrogen-bond donors (Lipinski definition) is 3. The summed E-state index contributed by atoms with van der Waals surface area (Å²) in [6, 6.07) is 0.671. The maximum Gasteiger partial charge on any atom is 0.321 e. The Hall–Kier alpha value is -1.69. The van der Waals surface area contributed by atoms with E-state index in [0.717, 1.165) is 5.69 Å². The number of carboxylic acids is 1. The summed E-state index contributed by atoms with van der Waals surface area (Å²) in [4.78, 5) is 22.1. The summed E-state index contributed by atoms with van der Waals surface area (Å²) in [6.07, 6.45) is 1.94. The maximum atomic E-state index is 11.3. The van der Waals surface area contributed by atoms with Crippen LogP contribution in [0.2, 0.25) is 0 Å². The number of hydrogen-bond acceptors (Lipinski definition) is 4. The molecule has 1 fully saturated rings. The second-order valence-corrected chi connectivity index (χ2v) is 3.57. The molecule has 0 aromatic carbocycles. The minimum absolute atomic E-state index is 0.0410. The van der Waals surface area contributed by atoms with Crippen LogP contribution in [0.15, 0.2) is 12.3 Å². The number of piperidine rings is 1. The topological polar surface area (TPSA) is 95.1 Å². The molecule has 0 aliphatic carbocycles. The van der Waals surface area contributed by atoms with Crippen LogP contribution < -0.4 is 5.32 Å². The van der Waals surface area contributed by atoms with Crippen LogP contribution in [0.25, 0.3) is 0 Å². The van der Waals surface area contributed by atoms with Gasteiger partial charge >= 0.3 is 5.97 Å². The van der Waals surface area contributed by atoms with Crippen LogP contribution in [0.3, 0.4) is 0 Å². The lowest BCUT2D eigenvalue weighted by molar-refractivity contribution is -0.143. The van der Waals surface area contributed by atoms with Crippen LogP contribution >= 0.6 is 0 Å². The largest absolute Gasteiger partial charge is 0.480 e. The van der Waals surface area contributed by atoms with Crippen molar-refractivity contribution in [1.29, 1.82) is 0 Å². The lowest BCUT2D eigenvalue weighted by Crippen LogP contribution is -2.45. The molecule has 0 bridgehead atoms. The molecule has 1 aliphatic rings. The van der Waals surface area contributed by atoms with Crippen molar-refractivity contribution >= 4 is 11.8 Å². The first-order valence-electron chi connectivity index (χ1n) is 4.66. The number of aromatic nitrogens is 2. The average molecular weight is 209 g/mol. The molecule has 0 amide bonds. The predicted molar refractivity (Wildman–Crippen MR) is 50.1 cm³/mol. The van der Waals surface area contributed by atoms with Gasteiger partial charge in [-0.05, 0) is 6.07 Å². The van der Waals surface area contributed by atoms with E-state index in [1.807, 2.05) is 0 Å². The van der Waals surface area contributed by atoms with Crippen LogP contribution in [0.4, 0.5) is 0 Å². The molecule has 1 saturated heterocycles. The van der Waals surface area contributed by atoms with Gasteiger partial charge in [-0.2, -0.15) is 5.10 Å². The van der Waals surface area contributed by atoms with E-state index < -0.39 is 12.0 Å². The highest BCUT2D eigenvalue weighted by Gasteiger charge is 2.32. The second kappa shape index (κ2) is 3.82. The molecule has 6 nitrogen and oxygen atoms in total. The molecule has 1 aromatic rings. The number of carbonyl (C=O) groups excluding carboxylic acids is 1. The van der Waals surface area contributed by atoms with E-state index in [1.54, 1.807) is 12.3 Å². The number of ketones is 1. The fourth-order valence-electron chi connectivity index (χ4n) is 1.72. The van der Waals surface area contributed by atoms with Gasteiger partial charge in [0.25, 0.3) is 0 Å². The molecular formula is C9H11N3O3. The van der Waals surface area contributed by atoms with Gasteiger partial charge in [-0.15, -0.1) is 0 Å². The van der Waals surface area contributed by atoms with E-state index in [9.17, 15) is 9.59 Å². The lowest BCUT2D eigenvalue weighted by Gasteiger charge is -2.26. The van der Waals surface area contributed by atoms with Gasteiger partial charge in [-0.25, -0.2) is 0 Å². The van der Waals surface area contributed by atoms with Gasteiger partial charge in [-0.1, -0.05) is 0 Å². The highest BCUT2D eigenvalue weighted by molar-refractivity contribution is 5.87. The van der Waals surface area contributed by atoms with Gasteiger partial charge < -0.3 is 5.11 Å². The van der Waals surface area contributed by atoms with Crippen molar-refractivity contribution < 1.29 is 14.7 Å². The zero-order valence-corrected chi connectivity index (χ0v) is 7.93. The lowest BCUT2D eigenvalue weighted by atomic mass is 9.95. The number of aliphatic carboxylic acids is 1.